The van der Waals surface area contributed by atoms with E-state index in [4.69, 9.17) is 16.1 Å². The maximum atomic E-state index is 13.3. The van der Waals surface area contributed by atoms with Gasteiger partial charge in [0.2, 0.25) is 11.5 Å². The average molecular weight is 378 g/mol. The summed E-state index contributed by atoms with van der Waals surface area (Å²) in [5.74, 6) is -0.518. The number of ketones is 1. The van der Waals surface area contributed by atoms with Crippen LogP contribution in [-0.4, -0.2) is 10.9 Å². The molecule has 0 spiro atoms. The van der Waals surface area contributed by atoms with Crippen molar-refractivity contribution in [3.63, 3.8) is 0 Å². The summed E-state index contributed by atoms with van der Waals surface area (Å²) in [5, 5.41) is 4.65. The molecule has 0 fully saturated rings. The van der Waals surface area contributed by atoms with Crippen molar-refractivity contribution in [1.29, 1.82) is 0 Å². The molecule has 0 radical (unpaired) electrons. The smallest absolute Gasteiger partial charge is 0.231 e. The van der Waals surface area contributed by atoms with Gasteiger partial charge in [-0.1, -0.05) is 47.1 Å². The first-order valence-corrected chi connectivity index (χ1v) is 8.62. The van der Waals surface area contributed by atoms with Gasteiger partial charge in [-0.05, 0) is 54.1 Å². The Kier molecular flexibility index (Phi) is 4.57. The average Bonchev–Trinajstić information content (AvgIpc) is 3.14. The lowest BCUT2D eigenvalue weighted by Crippen LogP contribution is -2.01. The fourth-order valence-electron chi connectivity index (χ4n) is 2.85. The quantitative estimate of drug-likeness (QED) is 0.408. The van der Waals surface area contributed by atoms with Crippen LogP contribution >= 0.6 is 11.6 Å². The Morgan fingerprint density at radius 1 is 0.852 bits per heavy atom. The highest BCUT2D eigenvalue weighted by atomic mass is 35.5. The van der Waals surface area contributed by atoms with E-state index in [2.05, 4.69) is 5.16 Å². The third-order valence-corrected chi connectivity index (χ3v) is 4.44. The van der Waals surface area contributed by atoms with Gasteiger partial charge in [0, 0.05) is 16.1 Å². The van der Waals surface area contributed by atoms with Crippen LogP contribution in [0.15, 0.2) is 83.4 Å². The van der Waals surface area contributed by atoms with E-state index in [1.807, 2.05) is 30.3 Å². The van der Waals surface area contributed by atoms with E-state index in [9.17, 15) is 9.18 Å². The Bertz CT molecular complexity index is 1090. The molecule has 3 nitrogen and oxygen atoms in total. The van der Waals surface area contributed by atoms with Crippen molar-refractivity contribution in [1.82, 2.24) is 5.16 Å². The standard InChI is InChI=1S/C22H13ClFNO2/c23-17-10-6-16(7-11-17)21(26)22-19(14-4-2-1-3-5-14)20(25-27-22)15-8-12-18(24)13-9-15/h1-13H. The number of benzene rings is 3. The highest BCUT2D eigenvalue weighted by molar-refractivity contribution is 6.30. The molecule has 3 aromatic carbocycles. The predicted molar refractivity (Wildman–Crippen MR) is 102 cm³/mol. The summed E-state index contributed by atoms with van der Waals surface area (Å²) >= 11 is 5.91. The normalized spacial score (nSPS) is 10.7. The minimum atomic E-state index is -0.346. The van der Waals surface area contributed by atoms with Crippen LogP contribution in [0.4, 0.5) is 4.39 Å². The van der Waals surface area contributed by atoms with Crippen LogP contribution in [0.5, 0.6) is 0 Å². The minimum absolute atomic E-state index is 0.128. The number of rotatable bonds is 4. The van der Waals surface area contributed by atoms with Gasteiger partial charge in [-0.25, -0.2) is 4.39 Å². The molecular formula is C22H13ClFNO2. The number of carbonyl (C=O) groups excluding carboxylic acids is 1. The lowest BCUT2D eigenvalue weighted by atomic mass is 9.96. The number of carbonyl (C=O) groups is 1. The van der Waals surface area contributed by atoms with Crippen molar-refractivity contribution >= 4 is 17.4 Å². The fraction of sp³-hybridized carbons (Fsp3) is 0. The van der Waals surface area contributed by atoms with Crippen molar-refractivity contribution in [3.8, 4) is 22.4 Å². The van der Waals surface area contributed by atoms with E-state index < -0.39 is 0 Å². The van der Waals surface area contributed by atoms with E-state index in [1.54, 1.807) is 36.4 Å². The molecular weight excluding hydrogens is 365 g/mol. The van der Waals surface area contributed by atoms with Gasteiger partial charge < -0.3 is 4.52 Å². The Morgan fingerprint density at radius 2 is 1.52 bits per heavy atom. The first kappa shape index (κ1) is 17.2. The summed E-state index contributed by atoms with van der Waals surface area (Å²) in [6.45, 7) is 0. The van der Waals surface area contributed by atoms with Crippen molar-refractivity contribution < 1.29 is 13.7 Å². The molecule has 0 aliphatic rings. The fourth-order valence-corrected chi connectivity index (χ4v) is 2.98. The molecule has 5 heteroatoms. The van der Waals surface area contributed by atoms with Crippen LogP contribution in [0.1, 0.15) is 16.1 Å². The molecule has 1 heterocycles. The predicted octanol–water partition coefficient (Wildman–Crippen LogP) is 6.03. The zero-order chi connectivity index (χ0) is 18.8. The van der Waals surface area contributed by atoms with Gasteiger partial charge in [0.15, 0.2) is 0 Å². The second kappa shape index (κ2) is 7.17. The van der Waals surface area contributed by atoms with Crippen molar-refractivity contribution in [2.75, 3.05) is 0 Å². The summed E-state index contributed by atoms with van der Waals surface area (Å²) in [4.78, 5) is 13.0. The second-order valence-electron chi connectivity index (χ2n) is 5.94. The van der Waals surface area contributed by atoms with Crippen molar-refractivity contribution in [2.45, 2.75) is 0 Å². The molecule has 0 bridgehead atoms. The molecule has 0 saturated heterocycles. The third-order valence-electron chi connectivity index (χ3n) is 4.18. The van der Waals surface area contributed by atoms with E-state index in [1.165, 1.54) is 12.1 Å². The van der Waals surface area contributed by atoms with E-state index in [0.717, 1.165) is 5.56 Å². The first-order chi connectivity index (χ1) is 13.1. The van der Waals surface area contributed by atoms with Crippen LogP contribution in [0, 0.1) is 5.82 Å². The molecule has 0 aliphatic carbocycles. The lowest BCUT2D eigenvalue weighted by Gasteiger charge is -2.05. The van der Waals surface area contributed by atoms with Gasteiger partial charge >= 0.3 is 0 Å². The van der Waals surface area contributed by atoms with Gasteiger partial charge in [0.25, 0.3) is 0 Å². The molecule has 4 aromatic rings. The summed E-state index contributed by atoms with van der Waals surface area (Å²) in [6, 6.07) is 21.8. The van der Waals surface area contributed by atoms with Crippen molar-refractivity contribution in [2.24, 2.45) is 0 Å². The molecule has 0 N–H and O–H groups in total. The Morgan fingerprint density at radius 3 is 2.19 bits per heavy atom. The summed E-state index contributed by atoms with van der Waals surface area (Å²) in [7, 11) is 0. The van der Waals surface area contributed by atoms with Crippen LogP contribution in [0.2, 0.25) is 5.02 Å². The largest absolute Gasteiger partial charge is 0.351 e. The van der Waals surface area contributed by atoms with Gasteiger partial charge in [0.05, 0.1) is 5.56 Å². The van der Waals surface area contributed by atoms with E-state index in [0.29, 0.717) is 27.4 Å². The molecule has 4 rings (SSSR count). The molecule has 0 saturated carbocycles. The molecule has 27 heavy (non-hydrogen) atoms. The number of nitrogens with zero attached hydrogens (tertiary/aromatic N) is 1. The highest BCUT2D eigenvalue weighted by Crippen LogP contribution is 2.35. The van der Waals surface area contributed by atoms with E-state index >= 15 is 0 Å². The maximum Gasteiger partial charge on any atom is 0.231 e. The SMILES string of the molecule is O=C(c1ccc(Cl)cc1)c1onc(-c2ccc(F)cc2)c1-c1ccccc1. The minimum Gasteiger partial charge on any atom is -0.351 e. The number of halogens is 2. The van der Waals surface area contributed by atoms with Gasteiger partial charge in [-0.2, -0.15) is 0 Å². The second-order valence-corrected chi connectivity index (χ2v) is 6.38. The zero-order valence-corrected chi connectivity index (χ0v) is 14.8. The molecule has 0 aliphatic heterocycles. The van der Waals surface area contributed by atoms with Gasteiger partial charge in [0.1, 0.15) is 11.5 Å². The Hall–Kier alpha value is -3.24. The topological polar surface area (TPSA) is 43.1 Å². The monoisotopic (exact) mass is 377 g/mol. The van der Waals surface area contributed by atoms with Crippen LogP contribution in [0.3, 0.4) is 0 Å². The first-order valence-electron chi connectivity index (χ1n) is 8.25. The summed E-state index contributed by atoms with van der Waals surface area (Å²) in [5.41, 5.74) is 2.95. The maximum absolute atomic E-state index is 13.3. The highest BCUT2D eigenvalue weighted by Gasteiger charge is 2.25. The van der Waals surface area contributed by atoms with Crippen LogP contribution < -0.4 is 0 Å². The van der Waals surface area contributed by atoms with Crippen molar-refractivity contribution in [3.05, 3.63) is 101 Å². The van der Waals surface area contributed by atoms with Gasteiger partial charge in [-0.3, -0.25) is 4.79 Å². The Labute approximate surface area is 160 Å². The zero-order valence-electron chi connectivity index (χ0n) is 14.0. The number of hydrogen-bond donors (Lipinski definition) is 0. The number of aromatic nitrogens is 1. The molecule has 0 amide bonds. The molecule has 1 aromatic heterocycles. The number of hydrogen-bond acceptors (Lipinski definition) is 3. The summed E-state index contributed by atoms with van der Waals surface area (Å²) < 4.78 is 18.8. The third kappa shape index (κ3) is 3.39. The lowest BCUT2D eigenvalue weighted by molar-refractivity contribution is 0.100. The molecule has 132 valence electrons. The van der Waals surface area contributed by atoms with Crippen LogP contribution in [-0.2, 0) is 0 Å². The van der Waals surface area contributed by atoms with Gasteiger partial charge in [-0.15, -0.1) is 0 Å². The van der Waals surface area contributed by atoms with Crippen LogP contribution in [0.25, 0.3) is 22.4 Å². The van der Waals surface area contributed by atoms with E-state index in [-0.39, 0.29) is 17.4 Å². The summed E-state index contributed by atoms with van der Waals surface area (Å²) in [6.07, 6.45) is 0. The molecule has 0 unspecified atom stereocenters. The Balaban J connectivity index is 1.88. The molecule has 0 atom stereocenters.